The second kappa shape index (κ2) is 8.71. The molecule has 2 atom stereocenters. The van der Waals surface area contributed by atoms with E-state index in [-0.39, 0.29) is 17.0 Å². The molecular weight excluding hydrogens is 429 g/mol. The minimum atomic E-state index is -1.21. The van der Waals surface area contributed by atoms with Crippen molar-refractivity contribution in [1.82, 2.24) is 9.88 Å². The highest BCUT2D eigenvalue weighted by Crippen LogP contribution is 2.46. The molecule has 174 valence electrons. The van der Waals surface area contributed by atoms with Crippen LogP contribution in [0.15, 0.2) is 42.5 Å². The Kier molecular flexibility index (Phi) is 6.10. The highest BCUT2D eigenvalue weighted by molar-refractivity contribution is 5.86. The molecule has 0 saturated carbocycles. The lowest BCUT2D eigenvalue weighted by Crippen LogP contribution is -2.53. The predicted molar refractivity (Wildman–Crippen MR) is 123 cm³/mol. The number of aromatic nitrogens is 1. The number of aromatic amines is 1. The average molecular weight is 457 g/mol. The summed E-state index contributed by atoms with van der Waals surface area (Å²) in [6.07, 6.45) is 2.63. The van der Waals surface area contributed by atoms with Gasteiger partial charge in [0, 0.05) is 40.3 Å². The number of carboxylic acids is 1. The lowest BCUT2D eigenvalue weighted by Gasteiger charge is -2.48. The molecule has 1 aliphatic heterocycles. The molecule has 33 heavy (non-hydrogen) atoms. The largest absolute Gasteiger partial charge is 0.478 e. The first-order valence-electron chi connectivity index (χ1n) is 10.9. The van der Waals surface area contributed by atoms with Crippen molar-refractivity contribution in [1.29, 1.82) is 0 Å². The van der Waals surface area contributed by atoms with E-state index in [9.17, 15) is 9.18 Å². The Morgan fingerprint density at radius 1 is 1.27 bits per heavy atom. The van der Waals surface area contributed by atoms with Gasteiger partial charge < -0.3 is 10.1 Å². The number of halogens is 3. The zero-order valence-electron chi connectivity index (χ0n) is 18.8. The summed E-state index contributed by atoms with van der Waals surface area (Å²) in [7, 11) is 0. The van der Waals surface area contributed by atoms with Gasteiger partial charge in [-0.05, 0) is 61.6 Å². The number of rotatable bonds is 6. The van der Waals surface area contributed by atoms with Crippen molar-refractivity contribution in [2.45, 2.75) is 38.8 Å². The third kappa shape index (κ3) is 4.29. The molecule has 2 heterocycles. The van der Waals surface area contributed by atoms with Crippen LogP contribution in [0.5, 0.6) is 0 Å². The topological polar surface area (TPSA) is 56.3 Å². The number of hydrogen-bond acceptors (Lipinski definition) is 2. The van der Waals surface area contributed by atoms with Crippen molar-refractivity contribution < 1.29 is 23.1 Å². The van der Waals surface area contributed by atoms with E-state index in [1.54, 1.807) is 6.92 Å². The van der Waals surface area contributed by atoms with Crippen LogP contribution in [0.2, 0.25) is 0 Å². The van der Waals surface area contributed by atoms with Crippen molar-refractivity contribution >= 4 is 22.9 Å². The molecule has 3 aromatic rings. The fourth-order valence-electron chi connectivity index (χ4n) is 4.85. The second-order valence-corrected chi connectivity index (χ2v) is 9.44. The van der Waals surface area contributed by atoms with Crippen LogP contribution in [0, 0.1) is 17.6 Å². The van der Waals surface area contributed by atoms with Crippen LogP contribution < -0.4 is 0 Å². The first kappa shape index (κ1) is 23.1. The third-order valence-corrected chi connectivity index (χ3v) is 6.38. The number of nitrogens with zero attached hydrogens (tertiary/aromatic N) is 1. The maximum Gasteiger partial charge on any atom is 0.328 e. The van der Waals surface area contributed by atoms with Crippen molar-refractivity contribution in [3.8, 4) is 0 Å². The van der Waals surface area contributed by atoms with Crippen LogP contribution in [-0.4, -0.2) is 39.7 Å². The van der Waals surface area contributed by atoms with Crippen LogP contribution in [0.25, 0.3) is 17.0 Å². The molecular formula is C26H27F3N2O2. The van der Waals surface area contributed by atoms with Crippen molar-refractivity contribution in [2.24, 2.45) is 5.92 Å². The molecule has 2 N–H and O–H groups in total. The number of hydrogen-bond donors (Lipinski definition) is 2. The van der Waals surface area contributed by atoms with E-state index in [1.165, 1.54) is 0 Å². The number of para-hydroxylation sites is 1. The van der Waals surface area contributed by atoms with E-state index in [2.05, 4.69) is 4.98 Å². The Morgan fingerprint density at radius 2 is 1.94 bits per heavy atom. The fraction of sp³-hybridized carbons (Fsp3) is 0.346. The summed E-state index contributed by atoms with van der Waals surface area (Å²) < 4.78 is 44.5. The molecule has 0 saturated heterocycles. The smallest absolute Gasteiger partial charge is 0.328 e. The van der Waals surface area contributed by atoms with Crippen LogP contribution in [0.1, 0.15) is 49.2 Å². The molecule has 2 aromatic carbocycles. The zero-order valence-corrected chi connectivity index (χ0v) is 18.8. The molecule has 0 spiro atoms. The summed E-state index contributed by atoms with van der Waals surface area (Å²) in [4.78, 5) is 16.2. The van der Waals surface area contributed by atoms with E-state index in [1.807, 2.05) is 43.0 Å². The van der Waals surface area contributed by atoms with Gasteiger partial charge in [-0.2, -0.15) is 0 Å². The number of fused-ring (bicyclic) bond motifs is 3. The maximum absolute atomic E-state index is 15.5. The van der Waals surface area contributed by atoms with Gasteiger partial charge in [-0.3, -0.25) is 9.29 Å². The molecule has 4 nitrogen and oxygen atoms in total. The first-order valence-corrected chi connectivity index (χ1v) is 10.9. The summed E-state index contributed by atoms with van der Waals surface area (Å²) in [5.41, 5.74) is 2.07. The van der Waals surface area contributed by atoms with Gasteiger partial charge in [0.15, 0.2) is 0 Å². The average Bonchev–Trinajstić information content (AvgIpc) is 3.11. The lowest BCUT2D eigenvalue weighted by molar-refractivity contribution is -0.131. The minimum absolute atomic E-state index is 0.117. The van der Waals surface area contributed by atoms with Gasteiger partial charge in [0.05, 0.1) is 12.7 Å². The summed E-state index contributed by atoms with van der Waals surface area (Å²) in [6.45, 7) is 5.58. The minimum Gasteiger partial charge on any atom is -0.478 e. The number of carbonyl (C=O) groups is 1. The third-order valence-electron chi connectivity index (χ3n) is 6.38. The van der Waals surface area contributed by atoms with Gasteiger partial charge in [-0.15, -0.1) is 0 Å². The number of carboxylic acid groups (broad SMARTS) is 1. The van der Waals surface area contributed by atoms with E-state index in [0.717, 1.165) is 40.8 Å². The Hall–Kier alpha value is -3.06. The van der Waals surface area contributed by atoms with Gasteiger partial charge in [-0.1, -0.05) is 25.1 Å². The normalized spacial score (nSPS) is 19.2. The quantitative estimate of drug-likeness (QED) is 0.456. The zero-order chi connectivity index (χ0) is 23.9. The van der Waals surface area contributed by atoms with Gasteiger partial charge in [0.1, 0.15) is 11.6 Å². The Bertz CT molecular complexity index is 1210. The van der Waals surface area contributed by atoms with Crippen molar-refractivity contribution in [2.75, 3.05) is 13.2 Å². The molecule has 1 unspecified atom stereocenters. The monoisotopic (exact) mass is 456 g/mol. The van der Waals surface area contributed by atoms with Gasteiger partial charge in [-0.25, -0.2) is 13.6 Å². The Balaban J connectivity index is 1.94. The van der Waals surface area contributed by atoms with Crippen LogP contribution in [0.3, 0.4) is 0 Å². The Morgan fingerprint density at radius 3 is 2.58 bits per heavy atom. The summed E-state index contributed by atoms with van der Waals surface area (Å²) >= 11 is 0. The van der Waals surface area contributed by atoms with Crippen LogP contribution >= 0.6 is 0 Å². The molecule has 4 rings (SSSR count). The number of aliphatic carboxylic acids is 1. The highest BCUT2D eigenvalue weighted by Gasteiger charge is 2.44. The highest BCUT2D eigenvalue weighted by atomic mass is 19.1. The Labute approximate surface area is 190 Å². The van der Waals surface area contributed by atoms with E-state index >= 15 is 8.78 Å². The molecule has 1 aromatic heterocycles. The molecule has 0 bridgehead atoms. The molecule has 1 aliphatic rings. The number of alkyl halides is 1. The number of H-pyrrole nitrogens is 1. The number of nitrogens with one attached hydrogen (secondary N) is 1. The molecule has 7 heteroatoms. The maximum atomic E-state index is 15.5. The van der Waals surface area contributed by atoms with E-state index in [4.69, 9.17) is 5.11 Å². The van der Waals surface area contributed by atoms with Crippen LogP contribution in [0.4, 0.5) is 13.2 Å². The van der Waals surface area contributed by atoms with E-state index < -0.39 is 35.9 Å². The summed E-state index contributed by atoms with van der Waals surface area (Å²) in [6, 6.07) is 9.24. The standard InChI is InChI=1S/C26H27F3N2O2/c1-15(13-27)14-31-25(23-19(28)10-16(11-20(23)29)8-9-22(32)33)24-18(12-26(31,2)3)17-6-4-5-7-21(17)30-24/h4-11,15,25,30H,12-14H2,1-3H3,(H,32,33)/b9-8+/t15?,25-/m1/s1. The first-order chi connectivity index (χ1) is 15.6. The summed E-state index contributed by atoms with van der Waals surface area (Å²) in [5, 5.41) is 9.84. The van der Waals surface area contributed by atoms with Gasteiger partial charge in [0.25, 0.3) is 0 Å². The lowest BCUT2D eigenvalue weighted by atomic mass is 9.80. The molecule has 0 amide bonds. The second-order valence-electron chi connectivity index (χ2n) is 9.44. The van der Waals surface area contributed by atoms with Crippen molar-refractivity contribution in [3.05, 3.63) is 76.5 Å². The molecule has 0 aliphatic carbocycles. The van der Waals surface area contributed by atoms with Gasteiger partial charge in [0.2, 0.25) is 0 Å². The predicted octanol–water partition coefficient (Wildman–Crippen LogP) is 5.88. The van der Waals surface area contributed by atoms with Crippen LogP contribution in [-0.2, 0) is 11.2 Å². The van der Waals surface area contributed by atoms with Crippen molar-refractivity contribution in [3.63, 3.8) is 0 Å². The molecule has 0 fully saturated rings. The number of benzene rings is 2. The fourth-order valence-corrected chi connectivity index (χ4v) is 4.85. The SMILES string of the molecule is CC(CF)CN1[C@H](c2c(F)cc(/C=C/C(=O)O)cc2F)c2[nH]c3ccccc3c2CC1(C)C. The van der Waals surface area contributed by atoms with Gasteiger partial charge >= 0.3 is 5.97 Å². The summed E-state index contributed by atoms with van der Waals surface area (Å²) in [5.74, 6) is -3.07. The van der Waals surface area contributed by atoms with E-state index in [0.29, 0.717) is 18.7 Å². The molecule has 0 radical (unpaired) electrons.